The maximum absolute atomic E-state index is 11.4. The molecule has 0 N–H and O–H groups in total. The zero-order valence-corrected chi connectivity index (χ0v) is 10.1. The molecule has 1 aliphatic heterocycles. The van der Waals surface area contributed by atoms with Crippen LogP contribution in [0.3, 0.4) is 0 Å². The van der Waals surface area contributed by atoms with E-state index in [1.807, 2.05) is 12.1 Å². The molecular formula is C9H9Cl2O3P. The second kappa shape index (κ2) is 4.44. The molecule has 1 saturated heterocycles. The predicted molar refractivity (Wildman–Crippen MR) is 59.3 cm³/mol. The average Bonchev–Trinajstić information content (AvgIpc) is 2.16. The SMILES string of the molecule is O=P1(Cl)OCCC(c2cccc(Cl)c2)O1. The topological polar surface area (TPSA) is 35.5 Å². The van der Waals surface area contributed by atoms with Gasteiger partial charge in [0.05, 0.1) is 12.7 Å². The Kier molecular flexibility index (Phi) is 3.39. The van der Waals surface area contributed by atoms with Gasteiger partial charge in [0, 0.05) is 22.7 Å². The monoisotopic (exact) mass is 266 g/mol. The quantitative estimate of drug-likeness (QED) is 0.716. The minimum Gasteiger partial charge on any atom is -0.297 e. The summed E-state index contributed by atoms with van der Waals surface area (Å²) in [5.41, 5.74) is 0.867. The van der Waals surface area contributed by atoms with Crippen LogP contribution in [0, 0.1) is 0 Å². The fraction of sp³-hybridized carbons (Fsp3) is 0.333. The number of hydrogen-bond donors (Lipinski definition) is 0. The van der Waals surface area contributed by atoms with Crippen LogP contribution in [0.1, 0.15) is 18.1 Å². The van der Waals surface area contributed by atoms with Crippen LogP contribution >= 0.6 is 29.8 Å². The third kappa shape index (κ3) is 2.96. The summed E-state index contributed by atoms with van der Waals surface area (Å²) in [4.78, 5) is 0. The average molecular weight is 267 g/mol. The standard InChI is InChI=1S/C9H9Cl2O3P/c10-8-3-1-2-7(6-8)9-4-5-13-15(11,12)14-9/h1-3,6,9H,4-5H2. The van der Waals surface area contributed by atoms with Crippen LogP contribution in [0.2, 0.25) is 5.02 Å². The largest absolute Gasteiger partial charge is 0.424 e. The molecule has 0 aliphatic carbocycles. The van der Waals surface area contributed by atoms with E-state index in [9.17, 15) is 4.57 Å². The number of benzene rings is 1. The molecule has 3 nitrogen and oxygen atoms in total. The second-order valence-corrected chi connectivity index (χ2v) is 6.21. The Morgan fingerprint density at radius 2 is 2.27 bits per heavy atom. The van der Waals surface area contributed by atoms with Gasteiger partial charge in [-0.15, -0.1) is 0 Å². The van der Waals surface area contributed by atoms with Gasteiger partial charge in [0.15, 0.2) is 0 Å². The van der Waals surface area contributed by atoms with Gasteiger partial charge < -0.3 is 0 Å². The molecule has 0 amide bonds. The van der Waals surface area contributed by atoms with E-state index in [1.54, 1.807) is 12.1 Å². The van der Waals surface area contributed by atoms with Gasteiger partial charge >= 0.3 is 6.95 Å². The van der Waals surface area contributed by atoms with Crippen LogP contribution in [0.15, 0.2) is 24.3 Å². The lowest BCUT2D eigenvalue weighted by Gasteiger charge is -2.26. The van der Waals surface area contributed by atoms with Crippen LogP contribution in [0.25, 0.3) is 0 Å². The van der Waals surface area contributed by atoms with Gasteiger partial charge in [0.2, 0.25) is 0 Å². The fourth-order valence-electron chi connectivity index (χ4n) is 1.44. The molecule has 82 valence electrons. The molecular weight excluding hydrogens is 258 g/mol. The predicted octanol–water partition coefficient (Wildman–Crippen LogP) is 4.16. The maximum Gasteiger partial charge on any atom is 0.424 e. The molecule has 0 saturated carbocycles. The van der Waals surface area contributed by atoms with Gasteiger partial charge in [-0.25, -0.2) is 4.57 Å². The molecule has 2 atom stereocenters. The lowest BCUT2D eigenvalue weighted by atomic mass is 10.1. The Hall–Kier alpha value is -0.0500. The van der Waals surface area contributed by atoms with E-state index in [0.29, 0.717) is 18.1 Å². The highest BCUT2D eigenvalue weighted by Crippen LogP contribution is 2.60. The van der Waals surface area contributed by atoms with Gasteiger partial charge in [0.1, 0.15) is 0 Å². The van der Waals surface area contributed by atoms with E-state index in [4.69, 9.17) is 31.9 Å². The van der Waals surface area contributed by atoms with Crippen LogP contribution < -0.4 is 0 Å². The van der Waals surface area contributed by atoms with Crippen molar-refractivity contribution in [1.82, 2.24) is 0 Å². The van der Waals surface area contributed by atoms with Crippen LogP contribution in [-0.2, 0) is 13.6 Å². The van der Waals surface area contributed by atoms with Crippen molar-refractivity contribution >= 4 is 29.8 Å². The highest BCUT2D eigenvalue weighted by Gasteiger charge is 2.32. The third-order valence-corrected chi connectivity index (χ3v) is 3.86. The summed E-state index contributed by atoms with van der Waals surface area (Å²) >= 11 is 11.4. The van der Waals surface area contributed by atoms with Gasteiger partial charge in [0.25, 0.3) is 0 Å². The molecule has 0 aromatic heterocycles. The molecule has 1 aromatic carbocycles. The molecule has 1 aliphatic rings. The number of halogens is 2. The van der Waals surface area contributed by atoms with Crippen LogP contribution in [-0.4, -0.2) is 6.61 Å². The molecule has 0 radical (unpaired) electrons. The molecule has 2 rings (SSSR count). The van der Waals surface area contributed by atoms with Crippen LogP contribution in [0.5, 0.6) is 0 Å². The van der Waals surface area contributed by atoms with Crippen molar-refractivity contribution in [3.63, 3.8) is 0 Å². The van der Waals surface area contributed by atoms with Gasteiger partial charge in [-0.1, -0.05) is 23.7 Å². The van der Waals surface area contributed by atoms with Gasteiger partial charge in [-0.05, 0) is 17.7 Å². The highest BCUT2D eigenvalue weighted by molar-refractivity contribution is 7.81. The molecule has 1 aromatic rings. The highest BCUT2D eigenvalue weighted by atomic mass is 35.7. The Balaban J connectivity index is 2.21. The maximum atomic E-state index is 11.4. The van der Waals surface area contributed by atoms with Crippen molar-refractivity contribution in [3.05, 3.63) is 34.9 Å². The first-order valence-corrected chi connectivity index (χ1v) is 7.27. The summed E-state index contributed by atoms with van der Waals surface area (Å²) < 4.78 is 21.4. The molecule has 15 heavy (non-hydrogen) atoms. The summed E-state index contributed by atoms with van der Waals surface area (Å²) in [5, 5.41) is 0.618. The summed E-state index contributed by atoms with van der Waals surface area (Å²) in [6.07, 6.45) is 0.317. The van der Waals surface area contributed by atoms with Crippen molar-refractivity contribution in [2.75, 3.05) is 6.61 Å². The first-order chi connectivity index (χ1) is 7.07. The summed E-state index contributed by atoms with van der Waals surface area (Å²) in [7, 11) is 0. The molecule has 1 fully saturated rings. The summed E-state index contributed by atoms with van der Waals surface area (Å²) in [5.74, 6) is 0. The molecule has 1 heterocycles. The molecule has 6 heteroatoms. The number of rotatable bonds is 1. The normalized spacial score (nSPS) is 31.5. The zero-order valence-electron chi connectivity index (χ0n) is 7.73. The Morgan fingerprint density at radius 3 is 2.93 bits per heavy atom. The lowest BCUT2D eigenvalue weighted by molar-refractivity contribution is 0.0913. The first kappa shape index (κ1) is 11.4. The minimum absolute atomic E-state index is 0.305. The van der Waals surface area contributed by atoms with E-state index < -0.39 is 6.95 Å². The van der Waals surface area contributed by atoms with Gasteiger partial charge in [-0.2, -0.15) is 0 Å². The smallest absolute Gasteiger partial charge is 0.297 e. The van der Waals surface area contributed by atoms with Crippen LogP contribution in [0.4, 0.5) is 0 Å². The third-order valence-electron chi connectivity index (χ3n) is 2.10. The van der Waals surface area contributed by atoms with E-state index >= 15 is 0 Å². The van der Waals surface area contributed by atoms with Crippen molar-refractivity contribution in [2.24, 2.45) is 0 Å². The zero-order chi connectivity index (χ0) is 10.9. The molecule has 2 unspecified atom stereocenters. The second-order valence-electron chi connectivity index (χ2n) is 3.20. The Labute approximate surface area is 97.6 Å². The van der Waals surface area contributed by atoms with E-state index in [-0.39, 0.29) is 6.10 Å². The van der Waals surface area contributed by atoms with E-state index in [1.165, 1.54) is 0 Å². The number of hydrogen-bond acceptors (Lipinski definition) is 3. The first-order valence-electron chi connectivity index (χ1n) is 4.45. The Bertz CT molecular complexity index is 410. The van der Waals surface area contributed by atoms with Crippen molar-refractivity contribution in [3.8, 4) is 0 Å². The summed E-state index contributed by atoms with van der Waals surface area (Å²) in [6, 6.07) is 7.22. The van der Waals surface area contributed by atoms with Crippen molar-refractivity contribution in [2.45, 2.75) is 12.5 Å². The van der Waals surface area contributed by atoms with Gasteiger partial charge in [-0.3, -0.25) is 9.05 Å². The lowest BCUT2D eigenvalue weighted by Crippen LogP contribution is -2.11. The fourth-order valence-corrected chi connectivity index (χ4v) is 3.05. The van der Waals surface area contributed by atoms with E-state index in [2.05, 4.69) is 0 Å². The van der Waals surface area contributed by atoms with E-state index in [0.717, 1.165) is 5.56 Å². The molecule has 0 spiro atoms. The Morgan fingerprint density at radius 1 is 1.47 bits per heavy atom. The van der Waals surface area contributed by atoms with Crippen molar-refractivity contribution < 1.29 is 13.6 Å². The minimum atomic E-state index is -3.39. The van der Waals surface area contributed by atoms with Crippen molar-refractivity contribution in [1.29, 1.82) is 0 Å². The molecule has 0 bridgehead atoms. The summed E-state index contributed by atoms with van der Waals surface area (Å²) in [6.45, 7) is -3.06.